The van der Waals surface area contributed by atoms with Crippen molar-refractivity contribution in [2.24, 2.45) is 0 Å². The summed E-state index contributed by atoms with van der Waals surface area (Å²) in [4.78, 5) is 13.9. The maximum atomic E-state index is 10.8. The Hall–Kier alpha value is -1.09. The monoisotopic (exact) mass is 251 g/mol. The van der Waals surface area contributed by atoms with Gasteiger partial charge in [0.15, 0.2) is 6.29 Å². The predicted molar refractivity (Wildman–Crippen MR) is 61.2 cm³/mol. The molecule has 0 atom stereocenters. The van der Waals surface area contributed by atoms with Gasteiger partial charge in [0.25, 0.3) is 0 Å². The summed E-state index contributed by atoms with van der Waals surface area (Å²) in [5.41, 5.74) is 2.84. The number of fused-ring (bicyclic) bond motifs is 1. The number of aromatic amines is 1. The number of H-pyrrole nitrogens is 1. The minimum atomic E-state index is 0.700. The van der Waals surface area contributed by atoms with Gasteiger partial charge in [-0.15, -0.1) is 0 Å². The zero-order valence-corrected chi connectivity index (χ0v) is 9.17. The smallest absolute Gasteiger partial charge is 0.166 e. The van der Waals surface area contributed by atoms with Gasteiger partial charge in [-0.2, -0.15) is 0 Å². The van der Waals surface area contributed by atoms with E-state index in [1.807, 2.05) is 24.3 Å². The first-order chi connectivity index (χ1) is 6.86. The number of halogens is 1. The fourth-order valence-electron chi connectivity index (χ4n) is 1.69. The Morgan fingerprint density at radius 2 is 2.14 bits per heavy atom. The second-order valence-electron chi connectivity index (χ2n) is 3.12. The van der Waals surface area contributed by atoms with Crippen molar-refractivity contribution in [1.82, 2.24) is 4.98 Å². The summed E-state index contributed by atoms with van der Waals surface area (Å²) in [6.45, 7) is 0. The number of benzene rings is 1. The summed E-state index contributed by atoms with van der Waals surface area (Å²) >= 11 is 3.39. The lowest BCUT2D eigenvalue weighted by molar-refractivity contribution is 0.111. The lowest BCUT2D eigenvalue weighted by Crippen LogP contribution is -1.90. The maximum Gasteiger partial charge on any atom is 0.166 e. The molecule has 2 aromatic rings. The van der Waals surface area contributed by atoms with E-state index in [0.29, 0.717) is 5.69 Å². The normalized spacial score (nSPS) is 10.6. The molecule has 0 unspecified atom stereocenters. The molecule has 0 fully saturated rings. The molecule has 0 aliphatic carbocycles. The lowest BCUT2D eigenvalue weighted by Gasteiger charge is -1.95. The van der Waals surface area contributed by atoms with E-state index >= 15 is 0 Å². The van der Waals surface area contributed by atoms with Crippen LogP contribution in [0, 0.1) is 0 Å². The molecule has 0 aliphatic heterocycles. The molecule has 0 amide bonds. The predicted octanol–water partition coefficient (Wildman–Crippen LogP) is 2.92. The molecule has 14 heavy (non-hydrogen) atoms. The van der Waals surface area contributed by atoms with E-state index in [-0.39, 0.29) is 0 Å². The average molecular weight is 252 g/mol. The molecule has 0 aliphatic rings. The number of aryl methyl sites for hydroxylation is 1. The van der Waals surface area contributed by atoms with Crippen LogP contribution >= 0.6 is 15.9 Å². The van der Waals surface area contributed by atoms with Crippen LogP contribution in [0.15, 0.2) is 24.3 Å². The highest BCUT2D eigenvalue weighted by molar-refractivity contribution is 9.09. The minimum absolute atomic E-state index is 0.700. The quantitative estimate of drug-likeness (QED) is 0.661. The van der Waals surface area contributed by atoms with E-state index in [2.05, 4.69) is 20.9 Å². The van der Waals surface area contributed by atoms with E-state index in [0.717, 1.165) is 34.5 Å². The van der Waals surface area contributed by atoms with E-state index in [1.165, 1.54) is 0 Å². The van der Waals surface area contributed by atoms with Crippen molar-refractivity contribution in [3.8, 4) is 0 Å². The largest absolute Gasteiger partial charge is 0.352 e. The van der Waals surface area contributed by atoms with Crippen LogP contribution in [-0.4, -0.2) is 16.6 Å². The molecule has 0 saturated carbocycles. The Balaban J connectivity index is 2.67. The first-order valence-corrected chi connectivity index (χ1v) is 5.59. The van der Waals surface area contributed by atoms with Gasteiger partial charge in [0.1, 0.15) is 0 Å². The Morgan fingerprint density at radius 1 is 1.36 bits per heavy atom. The summed E-state index contributed by atoms with van der Waals surface area (Å²) in [7, 11) is 0. The van der Waals surface area contributed by atoms with Gasteiger partial charge in [0.05, 0.1) is 5.69 Å². The van der Waals surface area contributed by atoms with Gasteiger partial charge in [0.2, 0.25) is 0 Å². The summed E-state index contributed by atoms with van der Waals surface area (Å²) < 4.78 is 0. The van der Waals surface area contributed by atoms with E-state index in [9.17, 15) is 4.79 Å². The van der Waals surface area contributed by atoms with Gasteiger partial charge in [0, 0.05) is 16.2 Å². The molecule has 1 aromatic heterocycles. The Bertz CT molecular complexity index is 461. The van der Waals surface area contributed by atoms with Gasteiger partial charge in [-0.05, 0) is 18.1 Å². The van der Waals surface area contributed by atoms with Crippen LogP contribution in [0.1, 0.15) is 16.1 Å². The van der Waals surface area contributed by atoms with Crippen LogP contribution < -0.4 is 0 Å². The molecule has 72 valence electrons. The van der Waals surface area contributed by atoms with Gasteiger partial charge in [-0.25, -0.2) is 0 Å². The third-order valence-corrected chi connectivity index (χ3v) is 2.71. The summed E-state index contributed by atoms with van der Waals surface area (Å²) in [6, 6.07) is 7.98. The van der Waals surface area contributed by atoms with E-state index < -0.39 is 0 Å². The average Bonchev–Trinajstić information content (AvgIpc) is 2.58. The van der Waals surface area contributed by atoms with E-state index in [1.54, 1.807) is 0 Å². The van der Waals surface area contributed by atoms with E-state index in [4.69, 9.17) is 0 Å². The van der Waals surface area contributed by atoms with Crippen LogP contribution in [0.2, 0.25) is 0 Å². The van der Waals surface area contributed by atoms with Crippen LogP contribution in [0.3, 0.4) is 0 Å². The molecule has 1 heterocycles. The zero-order chi connectivity index (χ0) is 9.97. The number of hydrogen-bond acceptors (Lipinski definition) is 1. The second kappa shape index (κ2) is 3.96. The van der Waals surface area contributed by atoms with Crippen LogP contribution in [0.5, 0.6) is 0 Å². The number of hydrogen-bond donors (Lipinski definition) is 1. The number of rotatable bonds is 3. The summed E-state index contributed by atoms with van der Waals surface area (Å²) in [5, 5.41) is 2.02. The van der Waals surface area contributed by atoms with Crippen molar-refractivity contribution < 1.29 is 4.79 Å². The molecular weight excluding hydrogens is 242 g/mol. The number of aldehydes is 1. The van der Waals surface area contributed by atoms with Gasteiger partial charge in [-0.3, -0.25) is 4.79 Å². The Kier molecular flexibility index (Phi) is 2.68. The molecule has 0 spiro atoms. The first kappa shape index (κ1) is 9.46. The fraction of sp³-hybridized carbons (Fsp3) is 0.182. The third-order valence-electron chi connectivity index (χ3n) is 2.31. The van der Waals surface area contributed by atoms with Crippen molar-refractivity contribution in [2.75, 3.05) is 5.33 Å². The molecule has 0 radical (unpaired) electrons. The van der Waals surface area contributed by atoms with Crippen molar-refractivity contribution in [3.63, 3.8) is 0 Å². The molecule has 1 aromatic carbocycles. The van der Waals surface area contributed by atoms with Gasteiger partial charge < -0.3 is 4.98 Å². The van der Waals surface area contributed by atoms with Crippen LogP contribution in [0.4, 0.5) is 0 Å². The van der Waals surface area contributed by atoms with Gasteiger partial charge in [-0.1, -0.05) is 34.1 Å². The van der Waals surface area contributed by atoms with Gasteiger partial charge >= 0.3 is 0 Å². The number of para-hydroxylation sites is 1. The highest BCUT2D eigenvalue weighted by Crippen LogP contribution is 2.22. The number of nitrogens with one attached hydrogen (secondary N) is 1. The molecule has 0 saturated heterocycles. The molecule has 2 nitrogen and oxygen atoms in total. The highest BCUT2D eigenvalue weighted by Gasteiger charge is 2.08. The highest BCUT2D eigenvalue weighted by atomic mass is 79.9. The molecule has 1 N–H and O–H groups in total. The van der Waals surface area contributed by atoms with Crippen molar-refractivity contribution in [3.05, 3.63) is 35.5 Å². The molecule has 2 rings (SSSR count). The topological polar surface area (TPSA) is 32.9 Å². The summed E-state index contributed by atoms with van der Waals surface area (Å²) in [5.74, 6) is 0. The SMILES string of the molecule is O=Cc1[nH]c2ccccc2c1CCBr. The standard InChI is InChI=1S/C11H10BrNO/c12-6-5-9-8-3-1-2-4-10(8)13-11(9)7-14/h1-4,7,13H,5-6H2. The van der Waals surface area contributed by atoms with Crippen molar-refractivity contribution >= 4 is 33.1 Å². The number of aromatic nitrogens is 1. The lowest BCUT2D eigenvalue weighted by atomic mass is 10.1. The number of carbonyl (C=O) groups is 1. The maximum absolute atomic E-state index is 10.8. The second-order valence-corrected chi connectivity index (χ2v) is 3.91. The van der Waals surface area contributed by atoms with Crippen molar-refractivity contribution in [2.45, 2.75) is 6.42 Å². The van der Waals surface area contributed by atoms with Crippen molar-refractivity contribution in [1.29, 1.82) is 0 Å². The van der Waals surface area contributed by atoms with Crippen LogP contribution in [0.25, 0.3) is 10.9 Å². The number of alkyl halides is 1. The Labute approximate surface area is 90.4 Å². The fourth-order valence-corrected chi connectivity index (χ4v) is 2.08. The summed E-state index contributed by atoms with van der Waals surface area (Å²) in [6.07, 6.45) is 1.76. The zero-order valence-electron chi connectivity index (χ0n) is 7.59. The molecule has 0 bridgehead atoms. The third kappa shape index (κ3) is 1.48. The first-order valence-electron chi connectivity index (χ1n) is 4.47. The molecular formula is C11H10BrNO. The molecule has 3 heteroatoms. The Morgan fingerprint density at radius 3 is 2.86 bits per heavy atom. The van der Waals surface area contributed by atoms with Crippen LogP contribution in [-0.2, 0) is 6.42 Å². The minimum Gasteiger partial charge on any atom is -0.352 e. The number of carbonyl (C=O) groups excluding carboxylic acids is 1.